The largest absolute Gasteiger partial charge is 0.461 e. The van der Waals surface area contributed by atoms with Crippen molar-refractivity contribution in [2.45, 2.75) is 13.8 Å². The minimum Gasteiger partial charge on any atom is -0.461 e. The van der Waals surface area contributed by atoms with Crippen LogP contribution < -0.4 is 5.73 Å². The van der Waals surface area contributed by atoms with Crippen molar-refractivity contribution in [3.63, 3.8) is 0 Å². The zero-order valence-corrected chi connectivity index (χ0v) is 12.6. The molecule has 1 aromatic heterocycles. The molecule has 2 aromatic rings. The number of halogens is 2. The van der Waals surface area contributed by atoms with Crippen LogP contribution in [-0.4, -0.2) is 22.1 Å². The third kappa shape index (κ3) is 2.53. The number of carbonyl (C=O) groups is 1. The van der Waals surface area contributed by atoms with Crippen LogP contribution in [0, 0.1) is 12.7 Å². The molecule has 2 rings (SSSR count). The van der Waals surface area contributed by atoms with E-state index < -0.39 is 5.97 Å². The molecule has 0 unspecified atom stereocenters. The molecule has 20 heavy (non-hydrogen) atoms. The Kier molecular flexibility index (Phi) is 4.08. The summed E-state index contributed by atoms with van der Waals surface area (Å²) < 4.78 is 20.1. The van der Waals surface area contributed by atoms with E-state index in [4.69, 9.17) is 10.5 Å². The first-order valence-electron chi connectivity index (χ1n) is 5.93. The molecule has 106 valence electrons. The summed E-state index contributed by atoms with van der Waals surface area (Å²) in [5.74, 6) is -0.279. The quantitative estimate of drug-likeness (QED) is 0.871. The summed E-state index contributed by atoms with van der Waals surface area (Å²) in [7, 11) is 0. The second-order valence-corrected chi connectivity index (χ2v) is 4.90. The van der Waals surface area contributed by atoms with Crippen LogP contribution in [0.3, 0.4) is 0 Å². The zero-order chi connectivity index (χ0) is 14.9. The number of anilines is 1. The molecule has 0 bridgehead atoms. The number of nitrogens with zero attached hydrogens (tertiary/aromatic N) is 2. The Bertz CT molecular complexity index is 670. The van der Waals surface area contributed by atoms with Crippen molar-refractivity contribution in [1.29, 1.82) is 0 Å². The third-order valence-electron chi connectivity index (χ3n) is 2.70. The van der Waals surface area contributed by atoms with E-state index in [1.165, 1.54) is 12.1 Å². The Hall–Kier alpha value is -1.89. The van der Waals surface area contributed by atoms with Crippen LogP contribution in [0.1, 0.15) is 23.2 Å². The molecule has 1 heterocycles. The summed E-state index contributed by atoms with van der Waals surface area (Å²) in [6, 6.07) is 4.18. The normalized spacial score (nSPS) is 10.6. The van der Waals surface area contributed by atoms with Gasteiger partial charge < -0.3 is 10.5 Å². The van der Waals surface area contributed by atoms with E-state index in [2.05, 4.69) is 20.9 Å². The summed E-state index contributed by atoms with van der Waals surface area (Å²) >= 11 is 3.27. The number of esters is 1. The second kappa shape index (κ2) is 5.62. The van der Waals surface area contributed by atoms with Crippen LogP contribution in [0.4, 0.5) is 10.2 Å². The van der Waals surface area contributed by atoms with Gasteiger partial charge in [-0.1, -0.05) is 0 Å². The van der Waals surface area contributed by atoms with E-state index in [0.717, 1.165) is 0 Å². The van der Waals surface area contributed by atoms with E-state index in [1.807, 2.05) is 0 Å². The Morgan fingerprint density at radius 3 is 2.85 bits per heavy atom. The van der Waals surface area contributed by atoms with Gasteiger partial charge in [-0.05, 0) is 48.0 Å². The number of aryl methyl sites for hydroxylation is 1. The molecule has 0 aliphatic heterocycles. The van der Waals surface area contributed by atoms with Gasteiger partial charge in [0, 0.05) is 4.47 Å². The highest BCUT2D eigenvalue weighted by Gasteiger charge is 2.21. The van der Waals surface area contributed by atoms with Gasteiger partial charge in [0.2, 0.25) is 0 Å². The summed E-state index contributed by atoms with van der Waals surface area (Å²) in [4.78, 5) is 15.9. The van der Waals surface area contributed by atoms with Crippen molar-refractivity contribution < 1.29 is 13.9 Å². The van der Waals surface area contributed by atoms with Gasteiger partial charge in [-0.15, -0.1) is 0 Å². The van der Waals surface area contributed by atoms with Gasteiger partial charge in [0.15, 0.2) is 5.69 Å². The van der Waals surface area contributed by atoms with Crippen LogP contribution >= 0.6 is 15.9 Å². The number of carbonyl (C=O) groups excluding carboxylic acids is 1. The number of ether oxygens (including phenoxy) is 1. The lowest BCUT2D eigenvalue weighted by Crippen LogP contribution is -2.09. The zero-order valence-electron chi connectivity index (χ0n) is 11.0. The van der Waals surface area contributed by atoms with E-state index >= 15 is 0 Å². The lowest BCUT2D eigenvalue weighted by molar-refractivity contribution is 0.0521. The first-order chi connectivity index (χ1) is 9.45. The van der Waals surface area contributed by atoms with Crippen LogP contribution in [-0.2, 0) is 4.74 Å². The molecule has 0 spiro atoms. The number of rotatable bonds is 3. The van der Waals surface area contributed by atoms with Gasteiger partial charge in [0.25, 0.3) is 0 Å². The van der Waals surface area contributed by atoms with Gasteiger partial charge in [-0.2, -0.15) is 0 Å². The minimum atomic E-state index is -0.579. The number of benzene rings is 1. The smallest absolute Gasteiger partial charge is 0.360 e. The van der Waals surface area contributed by atoms with E-state index in [0.29, 0.717) is 16.0 Å². The maximum atomic E-state index is 13.1. The van der Waals surface area contributed by atoms with Gasteiger partial charge in [-0.25, -0.2) is 14.2 Å². The molecule has 2 N–H and O–H groups in total. The molecule has 5 nitrogen and oxygen atoms in total. The number of imidazole rings is 1. The van der Waals surface area contributed by atoms with Crippen molar-refractivity contribution in [3.8, 4) is 5.69 Å². The first kappa shape index (κ1) is 14.5. The molecule has 0 saturated carbocycles. The molecule has 0 aliphatic carbocycles. The van der Waals surface area contributed by atoms with Crippen LogP contribution in [0.5, 0.6) is 0 Å². The Morgan fingerprint density at radius 1 is 1.55 bits per heavy atom. The van der Waals surface area contributed by atoms with Gasteiger partial charge in [-0.3, -0.25) is 4.57 Å². The molecule has 1 aromatic carbocycles. The highest BCUT2D eigenvalue weighted by molar-refractivity contribution is 9.10. The van der Waals surface area contributed by atoms with Crippen LogP contribution in [0.25, 0.3) is 5.69 Å². The topological polar surface area (TPSA) is 70.1 Å². The van der Waals surface area contributed by atoms with Crippen molar-refractivity contribution in [1.82, 2.24) is 9.55 Å². The van der Waals surface area contributed by atoms with Crippen LogP contribution in [0.2, 0.25) is 0 Å². The maximum Gasteiger partial charge on any atom is 0.360 e. The molecule has 0 aliphatic rings. The molecule has 0 atom stereocenters. The second-order valence-electron chi connectivity index (χ2n) is 4.04. The number of aromatic nitrogens is 2. The number of nitrogens with two attached hydrogens (primary N) is 1. The molecule has 0 amide bonds. The summed E-state index contributed by atoms with van der Waals surface area (Å²) in [5.41, 5.74) is 6.62. The average molecular weight is 342 g/mol. The fraction of sp³-hybridized carbons (Fsp3) is 0.231. The van der Waals surface area contributed by atoms with Crippen molar-refractivity contribution in [2.75, 3.05) is 12.3 Å². The van der Waals surface area contributed by atoms with Gasteiger partial charge in [0.05, 0.1) is 12.3 Å². The number of hydrogen-bond acceptors (Lipinski definition) is 4. The molecule has 0 saturated heterocycles. The molecule has 0 fully saturated rings. The maximum absolute atomic E-state index is 13.1. The fourth-order valence-electron chi connectivity index (χ4n) is 1.87. The summed E-state index contributed by atoms with van der Waals surface area (Å²) in [6.07, 6.45) is 0. The Labute approximate surface area is 123 Å². The van der Waals surface area contributed by atoms with Crippen LogP contribution in [0.15, 0.2) is 22.7 Å². The third-order valence-corrected chi connectivity index (χ3v) is 3.34. The minimum absolute atomic E-state index is 0.0561. The highest BCUT2D eigenvalue weighted by Crippen LogP contribution is 2.27. The van der Waals surface area contributed by atoms with Crippen molar-refractivity contribution in [2.24, 2.45) is 0 Å². The highest BCUT2D eigenvalue weighted by atomic mass is 79.9. The average Bonchev–Trinajstić information content (AvgIpc) is 2.66. The monoisotopic (exact) mass is 341 g/mol. The fourth-order valence-corrected chi connectivity index (χ4v) is 2.39. The Morgan fingerprint density at radius 2 is 2.25 bits per heavy atom. The lowest BCUT2D eigenvalue weighted by Gasteiger charge is -2.10. The first-order valence-corrected chi connectivity index (χ1v) is 6.72. The van der Waals surface area contributed by atoms with Crippen molar-refractivity contribution >= 4 is 27.7 Å². The van der Waals surface area contributed by atoms with Gasteiger partial charge in [0.1, 0.15) is 17.5 Å². The molecular weight excluding hydrogens is 329 g/mol. The number of nitrogen functional groups attached to an aromatic ring is 1. The van der Waals surface area contributed by atoms with E-state index in [-0.39, 0.29) is 23.9 Å². The van der Waals surface area contributed by atoms with Gasteiger partial charge >= 0.3 is 5.97 Å². The predicted octanol–water partition coefficient (Wildman–Crippen LogP) is 2.84. The van der Waals surface area contributed by atoms with Crippen molar-refractivity contribution in [3.05, 3.63) is 40.0 Å². The standard InChI is InChI=1S/C13H13BrFN3O2/c1-3-20-13(19)11-12(16)18(7(2)17-11)10-5-4-8(15)6-9(10)14/h4-6H,3,16H2,1-2H3. The van der Waals surface area contributed by atoms with E-state index in [9.17, 15) is 9.18 Å². The molecule has 0 radical (unpaired) electrons. The SMILES string of the molecule is CCOC(=O)c1nc(C)n(-c2ccc(F)cc2Br)c1N. The predicted molar refractivity (Wildman–Crippen MR) is 76.3 cm³/mol. The molecule has 7 heteroatoms. The number of hydrogen-bond donors (Lipinski definition) is 1. The lowest BCUT2D eigenvalue weighted by atomic mass is 10.3. The molecular formula is C13H13BrFN3O2. The Balaban J connectivity index is 2.55. The summed E-state index contributed by atoms with van der Waals surface area (Å²) in [5, 5.41) is 0. The summed E-state index contributed by atoms with van der Waals surface area (Å²) in [6.45, 7) is 3.65. The van der Waals surface area contributed by atoms with E-state index in [1.54, 1.807) is 24.5 Å².